The molecule has 25 heavy (non-hydrogen) atoms. The summed E-state index contributed by atoms with van der Waals surface area (Å²) in [4.78, 5) is 14.3. The first-order valence-electron chi connectivity index (χ1n) is 8.47. The van der Waals surface area contributed by atoms with Crippen LogP contribution in [0.1, 0.15) is 18.4 Å². The molecule has 2 aromatic rings. The molecule has 1 amide bonds. The molecule has 1 saturated heterocycles. The first-order valence-corrected chi connectivity index (χ1v) is 8.47. The number of morpholine rings is 1. The molecule has 1 aromatic carbocycles. The van der Waals surface area contributed by atoms with E-state index in [0.29, 0.717) is 32.7 Å². The maximum absolute atomic E-state index is 12.4. The quantitative estimate of drug-likeness (QED) is 0.742. The molecular weight excluding hydrogens is 322 g/mol. The molecule has 1 aromatic heterocycles. The Bertz CT molecular complexity index is 659. The number of tetrazole rings is 1. The van der Waals surface area contributed by atoms with E-state index in [9.17, 15) is 4.79 Å². The smallest absolute Gasteiger partial charge is 0.222 e. The SMILES string of the molecule is COc1ccc(C[C@H]2CN(C(=O)CCCn3cnnn3)CCO2)cc1. The first-order chi connectivity index (χ1) is 12.2. The number of methoxy groups -OCH3 is 1. The fraction of sp³-hybridized carbons (Fsp3) is 0.529. The third kappa shape index (κ3) is 4.99. The van der Waals surface area contributed by atoms with Crippen molar-refractivity contribution in [2.75, 3.05) is 26.8 Å². The lowest BCUT2D eigenvalue weighted by atomic mass is 10.1. The zero-order chi connectivity index (χ0) is 17.5. The van der Waals surface area contributed by atoms with Crippen molar-refractivity contribution >= 4 is 5.91 Å². The number of hydrogen-bond acceptors (Lipinski definition) is 6. The van der Waals surface area contributed by atoms with Crippen molar-refractivity contribution in [3.05, 3.63) is 36.2 Å². The average molecular weight is 345 g/mol. The zero-order valence-electron chi connectivity index (χ0n) is 14.4. The van der Waals surface area contributed by atoms with E-state index < -0.39 is 0 Å². The van der Waals surface area contributed by atoms with Crippen LogP contribution in [0.15, 0.2) is 30.6 Å². The van der Waals surface area contributed by atoms with Gasteiger partial charge in [0.1, 0.15) is 12.1 Å². The minimum atomic E-state index is 0.0330. The van der Waals surface area contributed by atoms with Crippen LogP contribution >= 0.6 is 0 Å². The van der Waals surface area contributed by atoms with Crippen molar-refractivity contribution in [3.8, 4) is 5.75 Å². The molecule has 1 atom stereocenters. The van der Waals surface area contributed by atoms with E-state index in [-0.39, 0.29) is 12.0 Å². The maximum Gasteiger partial charge on any atom is 0.222 e. The molecule has 0 radical (unpaired) electrons. The van der Waals surface area contributed by atoms with Crippen LogP contribution in [0, 0.1) is 0 Å². The fourth-order valence-corrected chi connectivity index (χ4v) is 2.93. The van der Waals surface area contributed by atoms with Crippen LogP contribution in [0.4, 0.5) is 0 Å². The second-order valence-electron chi connectivity index (χ2n) is 6.06. The summed E-state index contributed by atoms with van der Waals surface area (Å²) in [5.41, 5.74) is 1.18. The van der Waals surface area contributed by atoms with Crippen molar-refractivity contribution in [1.29, 1.82) is 0 Å². The van der Waals surface area contributed by atoms with Gasteiger partial charge in [0.15, 0.2) is 0 Å². The molecule has 0 bridgehead atoms. The van der Waals surface area contributed by atoms with Gasteiger partial charge in [-0.1, -0.05) is 12.1 Å². The number of carbonyl (C=O) groups excluding carboxylic acids is 1. The second kappa shape index (κ2) is 8.57. The number of aromatic nitrogens is 4. The number of benzene rings is 1. The lowest BCUT2D eigenvalue weighted by Crippen LogP contribution is -2.46. The van der Waals surface area contributed by atoms with Gasteiger partial charge in [-0.25, -0.2) is 4.68 Å². The van der Waals surface area contributed by atoms with Crippen LogP contribution in [-0.2, 0) is 22.5 Å². The van der Waals surface area contributed by atoms with Gasteiger partial charge in [0, 0.05) is 32.5 Å². The Hall–Kier alpha value is -2.48. The van der Waals surface area contributed by atoms with Gasteiger partial charge >= 0.3 is 0 Å². The highest BCUT2D eigenvalue weighted by Crippen LogP contribution is 2.16. The van der Waals surface area contributed by atoms with Crippen LogP contribution in [0.25, 0.3) is 0 Å². The van der Waals surface area contributed by atoms with Crippen LogP contribution in [0.2, 0.25) is 0 Å². The number of carbonyl (C=O) groups is 1. The van der Waals surface area contributed by atoms with Crippen LogP contribution in [0.5, 0.6) is 5.75 Å². The van der Waals surface area contributed by atoms with E-state index in [1.807, 2.05) is 29.2 Å². The zero-order valence-corrected chi connectivity index (χ0v) is 14.4. The van der Waals surface area contributed by atoms with Crippen molar-refractivity contribution in [2.45, 2.75) is 31.9 Å². The molecule has 1 fully saturated rings. The topological polar surface area (TPSA) is 82.4 Å². The van der Waals surface area contributed by atoms with Crippen molar-refractivity contribution in [1.82, 2.24) is 25.1 Å². The number of rotatable bonds is 7. The molecule has 1 aliphatic rings. The summed E-state index contributed by atoms with van der Waals surface area (Å²) in [7, 11) is 1.65. The van der Waals surface area contributed by atoms with Gasteiger partial charge in [0.05, 0.1) is 19.8 Å². The third-order valence-electron chi connectivity index (χ3n) is 4.28. The number of hydrogen-bond donors (Lipinski definition) is 0. The standard InChI is InChI=1S/C17H23N5O3/c1-24-15-6-4-14(5-7-15)11-16-12-21(9-10-25-16)17(23)3-2-8-22-13-18-19-20-22/h4-7,13,16H,2-3,8-12H2,1H3/t16-/m0/s1. The summed E-state index contributed by atoms with van der Waals surface area (Å²) in [5, 5.41) is 11.0. The third-order valence-corrected chi connectivity index (χ3v) is 4.28. The van der Waals surface area contributed by atoms with Gasteiger partial charge < -0.3 is 14.4 Å². The van der Waals surface area contributed by atoms with Crippen LogP contribution in [0.3, 0.4) is 0 Å². The Labute approximate surface area is 146 Å². The van der Waals surface area contributed by atoms with E-state index in [0.717, 1.165) is 18.6 Å². The van der Waals surface area contributed by atoms with E-state index in [1.165, 1.54) is 5.56 Å². The van der Waals surface area contributed by atoms with Crippen LogP contribution < -0.4 is 4.74 Å². The van der Waals surface area contributed by atoms with Gasteiger partial charge in [-0.05, 0) is 34.5 Å². The van der Waals surface area contributed by atoms with Gasteiger partial charge in [0.2, 0.25) is 5.91 Å². The lowest BCUT2D eigenvalue weighted by Gasteiger charge is -2.33. The summed E-state index contributed by atoms with van der Waals surface area (Å²) in [6, 6.07) is 7.96. The number of amides is 1. The highest BCUT2D eigenvalue weighted by atomic mass is 16.5. The van der Waals surface area contributed by atoms with Crippen molar-refractivity contribution in [2.24, 2.45) is 0 Å². The molecule has 0 aliphatic carbocycles. The molecule has 8 heteroatoms. The van der Waals surface area contributed by atoms with Gasteiger partial charge in [-0.2, -0.15) is 0 Å². The minimum absolute atomic E-state index is 0.0330. The summed E-state index contributed by atoms with van der Waals surface area (Å²) in [5.74, 6) is 1.00. The molecule has 0 saturated carbocycles. The molecule has 134 valence electrons. The highest BCUT2D eigenvalue weighted by Gasteiger charge is 2.24. The molecule has 2 heterocycles. The highest BCUT2D eigenvalue weighted by molar-refractivity contribution is 5.76. The molecule has 0 spiro atoms. The van der Waals surface area contributed by atoms with Gasteiger partial charge in [-0.3, -0.25) is 4.79 Å². The number of nitrogens with zero attached hydrogens (tertiary/aromatic N) is 5. The minimum Gasteiger partial charge on any atom is -0.497 e. The average Bonchev–Trinajstić information content (AvgIpc) is 3.16. The second-order valence-corrected chi connectivity index (χ2v) is 6.06. The Balaban J connectivity index is 1.45. The largest absolute Gasteiger partial charge is 0.497 e. The Morgan fingerprint density at radius 3 is 2.92 bits per heavy atom. The van der Waals surface area contributed by atoms with E-state index in [2.05, 4.69) is 15.5 Å². The van der Waals surface area contributed by atoms with Crippen molar-refractivity contribution < 1.29 is 14.3 Å². The summed E-state index contributed by atoms with van der Waals surface area (Å²) in [6.45, 7) is 2.52. The van der Waals surface area contributed by atoms with E-state index in [1.54, 1.807) is 18.1 Å². The molecule has 0 N–H and O–H groups in total. The summed E-state index contributed by atoms with van der Waals surface area (Å²) < 4.78 is 12.6. The lowest BCUT2D eigenvalue weighted by molar-refractivity contribution is -0.138. The Morgan fingerprint density at radius 2 is 2.20 bits per heavy atom. The molecular formula is C17H23N5O3. The Morgan fingerprint density at radius 1 is 1.36 bits per heavy atom. The molecule has 1 aliphatic heterocycles. The summed E-state index contributed by atoms with van der Waals surface area (Å²) >= 11 is 0. The predicted molar refractivity (Wildman–Crippen MR) is 90.1 cm³/mol. The van der Waals surface area contributed by atoms with Crippen LogP contribution in [-0.4, -0.2) is 63.9 Å². The summed E-state index contributed by atoms with van der Waals surface area (Å²) in [6.07, 6.45) is 3.60. The molecule has 0 unspecified atom stereocenters. The van der Waals surface area contributed by atoms with Gasteiger partial charge in [-0.15, -0.1) is 5.10 Å². The molecule has 8 nitrogen and oxygen atoms in total. The predicted octanol–water partition coefficient (Wildman–Crippen LogP) is 0.932. The molecule has 3 rings (SSSR count). The normalized spacial score (nSPS) is 17.5. The van der Waals surface area contributed by atoms with Crippen molar-refractivity contribution in [3.63, 3.8) is 0 Å². The Kier molecular flexibility index (Phi) is 5.95. The first kappa shape index (κ1) is 17.3. The van der Waals surface area contributed by atoms with E-state index in [4.69, 9.17) is 9.47 Å². The van der Waals surface area contributed by atoms with Gasteiger partial charge in [0.25, 0.3) is 0 Å². The fourth-order valence-electron chi connectivity index (χ4n) is 2.93. The number of ether oxygens (including phenoxy) is 2. The van der Waals surface area contributed by atoms with E-state index >= 15 is 0 Å². The monoisotopic (exact) mass is 345 g/mol. The maximum atomic E-state index is 12.4. The number of aryl methyl sites for hydroxylation is 1.